The molecule has 0 fully saturated rings. The van der Waals surface area contributed by atoms with E-state index in [2.05, 4.69) is 43.4 Å². The Hall–Kier alpha value is -2.64. The maximum atomic E-state index is 12.5. The molecule has 0 saturated carbocycles. The third-order valence-corrected chi connectivity index (χ3v) is 4.26. The van der Waals surface area contributed by atoms with Crippen LogP contribution in [-0.4, -0.2) is 23.9 Å². The van der Waals surface area contributed by atoms with Crippen molar-refractivity contribution < 1.29 is 4.79 Å². The molecule has 0 aromatic heterocycles. The van der Waals surface area contributed by atoms with Gasteiger partial charge in [0.2, 0.25) is 5.91 Å². The van der Waals surface area contributed by atoms with Crippen LogP contribution in [0.25, 0.3) is 0 Å². The van der Waals surface area contributed by atoms with Crippen LogP contribution in [0.2, 0.25) is 0 Å². The van der Waals surface area contributed by atoms with Gasteiger partial charge in [0.25, 0.3) is 0 Å². The highest BCUT2D eigenvalue weighted by molar-refractivity contribution is 5.95. The predicted molar refractivity (Wildman–Crippen MR) is 96.6 cm³/mol. The van der Waals surface area contributed by atoms with Crippen molar-refractivity contribution in [3.05, 3.63) is 64.7 Å². The summed E-state index contributed by atoms with van der Waals surface area (Å²) in [6, 6.07) is 15.2. The van der Waals surface area contributed by atoms with Crippen molar-refractivity contribution in [2.75, 3.05) is 12.4 Å². The van der Waals surface area contributed by atoms with E-state index < -0.39 is 0 Å². The van der Waals surface area contributed by atoms with E-state index in [1.54, 1.807) is 24.3 Å². The van der Waals surface area contributed by atoms with Gasteiger partial charge in [-0.15, -0.1) is 0 Å². The summed E-state index contributed by atoms with van der Waals surface area (Å²) < 4.78 is 0. The Labute approximate surface area is 143 Å². The summed E-state index contributed by atoms with van der Waals surface area (Å²) in [6.45, 7) is 6.72. The van der Waals surface area contributed by atoms with Gasteiger partial charge in [-0.05, 0) is 51.1 Å². The summed E-state index contributed by atoms with van der Waals surface area (Å²) in [5.74, 6) is -0.120. The van der Waals surface area contributed by atoms with Crippen LogP contribution in [0.5, 0.6) is 0 Å². The van der Waals surface area contributed by atoms with Crippen LogP contribution < -0.4 is 5.32 Å². The molecule has 0 radical (unpaired) electrons. The molecule has 0 bridgehead atoms. The molecule has 0 spiro atoms. The largest absolute Gasteiger partial charge is 0.324 e. The number of benzene rings is 2. The van der Waals surface area contributed by atoms with Crippen LogP contribution in [-0.2, 0) is 11.3 Å². The molecule has 124 valence electrons. The Morgan fingerprint density at radius 2 is 1.96 bits per heavy atom. The van der Waals surface area contributed by atoms with E-state index in [1.807, 2.05) is 18.9 Å². The zero-order valence-corrected chi connectivity index (χ0v) is 14.6. The van der Waals surface area contributed by atoms with Gasteiger partial charge >= 0.3 is 0 Å². The topological polar surface area (TPSA) is 56.1 Å². The van der Waals surface area contributed by atoms with Crippen molar-refractivity contribution in [3.63, 3.8) is 0 Å². The molecule has 4 heteroatoms. The van der Waals surface area contributed by atoms with Crippen LogP contribution in [0, 0.1) is 25.2 Å². The number of amides is 1. The minimum Gasteiger partial charge on any atom is -0.324 e. The zero-order chi connectivity index (χ0) is 17.7. The standard InChI is InChI=1S/C20H23N3O/c1-14-9-10-18(15(2)11-14)13-23(4)16(3)20(24)22-19-8-6-5-7-17(19)12-21/h5-11,16H,13H2,1-4H3,(H,22,24)/t16-/m0/s1. The fraction of sp³-hybridized carbons (Fsp3) is 0.300. The van der Waals surface area contributed by atoms with Crippen LogP contribution in [0.4, 0.5) is 5.69 Å². The molecule has 1 atom stereocenters. The fourth-order valence-corrected chi connectivity index (χ4v) is 2.56. The molecule has 0 aliphatic rings. The molecule has 0 heterocycles. The molecule has 2 aromatic rings. The fourth-order valence-electron chi connectivity index (χ4n) is 2.56. The SMILES string of the molecule is Cc1ccc(CN(C)[C@@H](C)C(=O)Nc2ccccc2C#N)c(C)c1. The Kier molecular flexibility index (Phi) is 5.73. The highest BCUT2D eigenvalue weighted by Gasteiger charge is 2.19. The maximum Gasteiger partial charge on any atom is 0.241 e. The first-order valence-corrected chi connectivity index (χ1v) is 7.98. The van der Waals surface area contributed by atoms with Crippen molar-refractivity contribution in [2.24, 2.45) is 0 Å². The number of rotatable bonds is 5. The monoisotopic (exact) mass is 321 g/mol. The molecular formula is C20H23N3O. The molecule has 1 N–H and O–H groups in total. The van der Waals surface area contributed by atoms with Gasteiger partial charge in [-0.3, -0.25) is 9.69 Å². The molecule has 1 amide bonds. The molecule has 2 rings (SSSR count). The van der Waals surface area contributed by atoms with E-state index in [0.717, 1.165) is 0 Å². The number of para-hydroxylation sites is 1. The predicted octanol–water partition coefficient (Wildman–Crippen LogP) is 3.63. The first-order chi connectivity index (χ1) is 11.4. The number of likely N-dealkylation sites (N-methyl/N-ethyl adjacent to an activating group) is 1. The number of carbonyl (C=O) groups excluding carboxylic acids is 1. The molecule has 2 aromatic carbocycles. The number of carbonyl (C=O) groups is 1. The van der Waals surface area contributed by atoms with E-state index in [9.17, 15) is 4.79 Å². The Balaban J connectivity index is 2.05. The van der Waals surface area contributed by atoms with E-state index in [-0.39, 0.29) is 11.9 Å². The molecule has 4 nitrogen and oxygen atoms in total. The summed E-state index contributed by atoms with van der Waals surface area (Å²) >= 11 is 0. The average Bonchev–Trinajstić information content (AvgIpc) is 2.57. The van der Waals surface area contributed by atoms with Crippen LogP contribution >= 0.6 is 0 Å². The summed E-state index contributed by atoms with van der Waals surface area (Å²) in [6.07, 6.45) is 0. The average molecular weight is 321 g/mol. The second-order valence-corrected chi connectivity index (χ2v) is 6.17. The van der Waals surface area contributed by atoms with E-state index in [0.29, 0.717) is 17.8 Å². The first-order valence-electron chi connectivity index (χ1n) is 7.98. The Morgan fingerprint density at radius 3 is 2.62 bits per heavy atom. The quantitative estimate of drug-likeness (QED) is 0.915. The van der Waals surface area contributed by atoms with Gasteiger partial charge in [0.05, 0.1) is 17.3 Å². The number of nitrogens with zero attached hydrogens (tertiary/aromatic N) is 2. The van der Waals surface area contributed by atoms with Crippen molar-refractivity contribution in [3.8, 4) is 6.07 Å². The van der Waals surface area contributed by atoms with Crippen LogP contribution in [0.15, 0.2) is 42.5 Å². The summed E-state index contributed by atoms with van der Waals surface area (Å²) in [7, 11) is 1.93. The molecule has 0 saturated heterocycles. The molecule has 24 heavy (non-hydrogen) atoms. The summed E-state index contributed by atoms with van der Waals surface area (Å²) in [5.41, 5.74) is 4.69. The number of nitriles is 1. The lowest BCUT2D eigenvalue weighted by Gasteiger charge is -2.25. The van der Waals surface area contributed by atoms with E-state index in [1.165, 1.54) is 16.7 Å². The van der Waals surface area contributed by atoms with Crippen LogP contribution in [0.3, 0.4) is 0 Å². The number of hydrogen-bond donors (Lipinski definition) is 1. The minimum absolute atomic E-state index is 0.120. The molecule has 0 aliphatic carbocycles. The van der Waals surface area contributed by atoms with Crippen LogP contribution in [0.1, 0.15) is 29.2 Å². The maximum absolute atomic E-state index is 12.5. The van der Waals surface area contributed by atoms with Gasteiger partial charge in [-0.25, -0.2) is 0 Å². The second-order valence-electron chi connectivity index (χ2n) is 6.17. The van der Waals surface area contributed by atoms with Gasteiger partial charge in [-0.1, -0.05) is 35.9 Å². The normalized spacial score (nSPS) is 11.8. The van der Waals surface area contributed by atoms with Crippen molar-refractivity contribution in [1.29, 1.82) is 5.26 Å². The Morgan fingerprint density at radius 1 is 1.25 bits per heavy atom. The number of nitrogens with one attached hydrogen (secondary N) is 1. The van der Waals surface area contributed by atoms with Gasteiger partial charge in [0.15, 0.2) is 0 Å². The van der Waals surface area contributed by atoms with Crippen molar-refractivity contribution in [2.45, 2.75) is 33.4 Å². The highest BCUT2D eigenvalue weighted by atomic mass is 16.2. The lowest BCUT2D eigenvalue weighted by Crippen LogP contribution is -2.39. The molecular weight excluding hydrogens is 298 g/mol. The third-order valence-electron chi connectivity index (χ3n) is 4.26. The summed E-state index contributed by atoms with van der Waals surface area (Å²) in [4.78, 5) is 14.5. The third kappa shape index (κ3) is 4.21. The van der Waals surface area contributed by atoms with E-state index >= 15 is 0 Å². The lowest BCUT2D eigenvalue weighted by molar-refractivity contribution is -0.120. The number of hydrogen-bond acceptors (Lipinski definition) is 3. The smallest absolute Gasteiger partial charge is 0.241 e. The lowest BCUT2D eigenvalue weighted by atomic mass is 10.0. The molecule has 0 aliphatic heterocycles. The van der Waals surface area contributed by atoms with Crippen molar-refractivity contribution in [1.82, 2.24) is 4.90 Å². The number of aryl methyl sites for hydroxylation is 2. The minimum atomic E-state index is -0.308. The van der Waals surface area contributed by atoms with Crippen molar-refractivity contribution >= 4 is 11.6 Å². The number of anilines is 1. The second kappa shape index (κ2) is 7.76. The van der Waals surface area contributed by atoms with E-state index in [4.69, 9.17) is 5.26 Å². The Bertz CT molecular complexity index is 777. The van der Waals surface area contributed by atoms with Gasteiger partial charge in [-0.2, -0.15) is 5.26 Å². The molecule has 0 unspecified atom stereocenters. The summed E-state index contributed by atoms with van der Waals surface area (Å²) in [5, 5.41) is 12.0. The van der Waals surface area contributed by atoms with Gasteiger partial charge < -0.3 is 5.32 Å². The van der Waals surface area contributed by atoms with Gasteiger partial charge in [0.1, 0.15) is 6.07 Å². The first kappa shape index (κ1) is 17.7. The highest BCUT2D eigenvalue weighted by Crippen LogP contribution is 2.16. The van der Waals surface area contributed by atoms with Gasteiger partial charge in [0, 0.05) is 6.54 Å². The zero-order valence-electron chi connectivity index (χ0n) is 14.6.